The van der Waals surface area contributed by atoms with Gasteiger partial charge in [0.25, 0.3) is 5.78 Å². The maximum atomic E-state index is 13.3. The SMILES string of the molecule is CCOc1ccc2nc(N3C(=O)C(=O)C(=C(O)c4ccccc4)[C@@H]3c3cccc(Br)c3)sc2c1. The maximum Gasteiger partial charge on any atom is 0.301 e. The number of ether oxygens (including phenoxy) is 1. The first-order valence-electron chi connectivity index (χ1n) is 10.6. The smallest absolute Gasteiger partial charge is 0.301 e. The van der Waals surface area contributed by atoms with Gasteiger partial charge < -0.3 is 9.84 Å². The zero-order chi connectivity index (χ0) is 23.8. The van der Waals surface area contributed by atoms with Crippen LogP contribution in [0.4, 0.5) is 5.13 Å². The van der Waals surface area contributed by atoms with Crippen LogP contribution in [-0.2, 0) is 9.59 Å². The first-order chi connectivity index (χ1) is 16.5. The van der Waals surface area contributed by atoms with Gasteiger partial charge in [0.05, 0.1) is 28.4 Å². The van der Waals surface area contributed by atoms with Crippen molar-refractivity contribution >= 4 is 60.1 Å². The quantitative estimate of drug-likeness (QED) is 0.190. The molecular weight excluding hydrogens is 516 g/mol. The number of aromatic nitrogens is 1. The molecule has 1 N–H and O–H groups in total. The number of benzene rings is 3. The fourth-order valence-corrected chi connectivity index (χ4v) is 5.46. The molecule has 0 radical (unpaired) electrons. The molecular formula is C26H19BrN2O4S. The molecule has 1 fully saturated rings. The minimum Gasteiger partial charge on any atom is -0.507 e. The Bertz CT molecular complexity index is 1450. The molecule has 1 aromatic heterocycles. The third kappa shape index (κ3) is 3.89. The monoisotopic (exact) mass is 534 g/mol. The van der Waals surface area contributed by atoms with Gasteiger partial charge in [-0.05, 0) is 42.8 Å². The predicted octanol–water partition coefficient (Wildman–Crippen LogP) is 6.08. The van der Waals surface area contributed by atoms with E-state index in [0.717, 1.165) is 9.17 Å². The molecule has 1 amide bonds. The van der Waals surface area contributed by atoms with Gasteiger partial charge in [-0.1, -0.05) is 69.7 Å². The lowest BCUT2D eigenvalue weighted by atomic mass is 9.95. The van der Waals surface area contributed by atoms with Gasteiger partial charge in [-0.15, -0.1) is 0 Å². The lowest BCUT2D eigenvalue weighted by molar-refractivity contribution is -0.132. The third-order valence-corrected chi connectivity index (χ3v) is 7.03. The molecule has 0 aliphatic carbocycles. The molecule has 0 spiro atoms. The summed E-state index contributed by atoms with van der Waals surface area (Å²) in [6.07, 6.45) is 0. The molecule has 170 valence electrons. The van der Waals surface area contributed by atoms with Crippen molar-refractivity contribution in [3.8, 4) is 5.75 Å². The van der Waals surface area contributed by atoms with Crippen molar-refractivity contribution in [3.05, 3.63) is 94.0 Å². The summed E-state index contributed by atoms with van der Waals surface area (Å²) in [4.78, 5) is 32.6. The highest BCUT2D eigenvalue weighted by molar-refractivity contribution is 9.10. The molecule has 0 saturated carbocycles. The van der Waals surface area contributed by atoms with Gasteiger partial charge in [-0.2, -0.15) is 0 Å². The first-order valence-corrected chi connectivity index (χ1v) is 12.2. The third-order valence-electron chi connectivity index (χ3n) is 5.52. The van der Waals surface area contributed by atoms with Crippen LogP contribution in [0.1, 0.15) is 24.1 Å². The van der Waals surface area contributed by atoms with E-state index in [9.17, 15) is 14.7 Å². The number of anilines is 1. The Morgan fingerprint density at radius 3 is 2.62 bits per heavy atom. The summed E-state index contributed by atoms with van der Waals surface area (Å²) in [6.45, 7) is 2.45. The van der Waals surface area contributed by atoms with Crippen molar-refractivity contribution in [2.75, 3.05) is 11.5 Å². The predicted molar refractivity (Wildman–Crippen MR) is 136 cm³/mol. The van der Waals surface area contributed by atoms with Crippen molar-refractivity contribution < 1.29 is 19.4 Å². The van der Waals surface area contributed by atoms with Crippen LogP contribution in [0.5, 0.6) is 5.75 Å². The van der Waals surface area contributed by atoms with E-state index in [-0.39, 0.29) is 11.3 Å². The summed E-state index contributed by atoms with van der Waals surface area (Å²) in [5.74, 6) is -0.988. The van der Waals surface area contributed by atoms with Crippen LogP contribution in [0.2, 0.25) is 0 Å². The van der Waals surface area contributed by atoms with Crippen LogP contribution in [0.25, 0.3) is 16.0 Å². The summed E-state index contributed by atoms with van der Waals surface area (Å²) in [5, 5.41) is 11.5. The molecule has 34 heavy (non-hydrogen) atoms. The van der Waals surface area contributed by atoms with Crippen molar-refractivity contribution in [2.45, 2.75) is 13.0 Å². The van der Waals surface area contributed by atoms with Crippen molar-refractivity contribution in [1.29, 1.82) is 0 Å². The highest BCUT2D eigenvalue weighted by Crippen LogP contribution is 2.45. The van der Waals surface area contributed by atoms with Crippen LogP contribution in [0.3, 0.4) is 0 Å². The number of nitrogens with zero attached hydrogens (tertiary/aromatic N) is 2. The summed E-state index contributed by atoms with van der Waals surface area (Å²) >= 11 is 4.77. The number of aliphatic hydroxyl groups excluding tert-OH is 1. The minimum absolute atomic E-state index is 0.0311. The molecule has 4 aromatic rings. The lowest BCUT2D eigenvalue weighted by Gasteiger charge is -2.23. The Balaban J connectivity index is 1.70. The number of thiazole rings is 1. The number of Topliss-reactive ketones (excluding diaryl/α,β-unsaturated/α-hetero) is 1. The summed E-state index contributed by atoms with van der Waals surface area (Å²) in [6, 6.07) is 20.8. The molecule has 1 aliphatic rings. The topological polar surface area (TPSA) is 79.7 Å². The van der Waals surface area contributed by atoms with Gasteiger partial charge in [-0.3, -0.25) is 14.5 Å². The number of carbonyl (C=O) groups excluding carboxylic acids is 2. The number of aliphatic hydroxyl groups is 1. The Labute approximate surface area is 208 Å². The number of hydrogen-bond donors (Lipinski definition) is 1. The minimum atomic E-state index is -0.829. The highest BCUT2D eigenvalue weighted by Gasteiger charge is 2.48. The van der Waals surface area contributed by atoms with Gasteiger partial charge in [0.2, 0.25) is 0 Å². The van der Waals surface area contributed by atoms with Crippen molar-refractivity contribution in [1.82, 2.24) is 4.98 Å². The Morgan fingerprint density at radius 2 is 1.88 bits per heavy atom. The maximum absolute atomic E-state index is 13.3. The highest BCUT2D eigenvalue weighted by atomic mass is 79.9. The van der Waals surface area contributed by atoms with E-state index in [1.54, 1.807) is 24.3 Å². The fraction of sp³-hybridized carbons (Fsp3) is 0.115. The Morgan fingerprint density at radius 1 is 1.09 bits per heavy atom. The zero-order valence-electron chi connectivity index (χ0n) is 18.1. The second kappa shape index (κ2) is 9.04. The van der Waals surface area contributed by atoms with E-state index in [4.69, 9.17) is 4.74 Å². The molecule has 8 heteroatoms. The summed E-state index contributed by atoms with van der Waals surface area (Å²) < 4.78 is 7.21. The van der Waals surface area contributed by atoms with Crippen molar-refractivity contribution in [2.24, 2.45) is 0 Å². The van der Waals surface area contributed by atoms with Gasteiger partial charge in [0.1, 0.15) is 11.5 Å². The van der Waals surface area contributed by atoms with Crippen LogP contribution in [-0.4, -0.2) is 28.4 Å². The largest absolute Gasteiger partial charge is 0.507 e. The Kier molecular flexibility index (Phi) is 5.93. The van der Waals surface area contributed by atoms with Crippen LogP contribution in [0, 0.1) is 0 Å². The lowest BCUT2D eigenvalue weighted by Crippen LogP contribution is -2.29. The molecule has 1 saturated heterocycles. The fourth-order valence-electron chi connectivity index (χ4n) is 4.03. The number of ketones is 1. The molecule has 0 unspecified atom stereocenters. The molecule has 6 nitrogen and oxygen atoms in total. The van der Waals surface area contributed by atoms with E-state index in [2.05, 4.69) is 20.9 Å². The molecule has 5 rings (SSSR count). The van der Waals surface area contributed by atoms with Gasteiger partial charge in [0, 0.05) is 10.0 Å². The van der Waals surface area contributed by atoms with E-state index in [0.29, 0.717) is 34.1 Å². The number of halogens is 1. The van der Waals surface area contributed by atoms with E-state index in [1.165, 1.54) is 16.2 Å². The van der Waals surface area contributed by atoms with E-state index < -0.39 is 17.7 Å². The molecule has 1 atom stereocenters. The first kappa shape index (κ1) is 22.3. The number of fused-ring (bicyclic) bond motifs is 1. The van der Waals surface area contributed by atoms with Crippen LogP contribution in [0.15, 0.2) is 82.8 Å². The average molecular weight is 535 g/mol. The van der Waals surface area contributed by atoms with Crippen LogP contribution >= 0.6 is 27.3 Å². The van der Waals surface area contributed by atoms with E-state index >= 15 is 0 Å². The second-order valence-corrected chi connectivity index (χ2v) is 9.57. The average Bonchev–Trinajstić information content (AvgIpc) is 3.37. The molecule has 1 aliphatic heterocycles. The number of rotatable bonds is 5. The zero-order valence-corrected chi connectivity index (χ0v) is 20.5. The van der Waals surface area contributed by atoms with Gasteiger partial charge in [0.15, 0.2) is 5.13 Å². The molecule has 3 aromatic carbocycles. The summed E-state index contributed by atoms with van der Waals surface area (Å²) in [7, 11) is 0. The molecule has 2 heterocycles. The second-order valence-electron chi connectivity index (χ2n) is 7.65. The number of hydrogen-bond acceptors (Lipinski definition) is 6. The number of amides is 1. The standard InChI is InChI=1S/C26H19BrN2O4S/c1-2-33-18-11-12-19-20(14-18)34-26(28-19)29-22(16-9-6-10-17(27)13-16)21(24(31)25(29)32)23(30)15-7-4-3-5-8-15/h3-14,22,30H,2H2,1H3/t22-/m0/s1. The van der Waals surface area contributed by atoms with Gasteiger partial charge in [-0.25, -0.2) is 4.98 Å². The summed E-state index contributed by atoms with van der Waals surface area (Å²) in [5.41, 5.74) is 1.87. The van der Waals surface area contributed by atoms with Crippen molar-refractivity contribution in [3.63, 3.8) is 0 Å². The normalized spacial score (nSPS) is 17.5. The van der Waals surface area contributed by atoms with E-state index in [1.807, 2.05) is 55.5 Å². The Hall–Kier alpha value is -3.49. The van der Waals surface area contributed by atoms with Crippen LogP contribution < -0.4 is 9.64 Å². The molecule has 0 bridgehead atoms. The van der Waals surface area contributed by atoms with Gasteiger partial charge >= 0.3 is 5.91 Å². The number of carbonyl (C=O) groups is 2.